The fourth-order valence-corrected chi connectivity index (χ4v) is 1.46. The molecule has 0 saturated carbocycles. The molecular weight excluding hydrogens is 229 g/mol. The van der Waals surface area contributed by atoms with E-state index in [1.54, 1.807) is 18.2 Å². The van der Waals surface area contributed by atoms with Crippen molar-refractivity contribution in [3.05, 3.63) is 41.7 Å². The molecule has 0 aliphatic heterocycles. The Balaban J connectivity index is 2.69. The first kappa shape index (κ1) is 14.1. The maximum Gasteiger partial charge on any atom is 0.161 e. The van der Waals surface area contributed by atoms with Crippen molar-refractivity contribution in [3.8, 4) is 6.07 Å². The highest BCUT2D eigenvalue weighted by Crippen LogP contribution is 2.24. The maximum atomic E-state index is 12.7. The van der Waals surface area contributed by atoms with Crippen LogP contribution in [0.25, 0.3) is 6.08 Å². The molecule has 3 heteroatoms. The van der Waals surface area contributed by atoms with Crippen molar-refractivity contribution in [2.24, 2.45) is 5.41 Å². The third kappa shape index (κ3) is 4.14. The van der Waals surface area contributed by atoms with Crippen molar-refractivity contribution in [2.45, 2.75) is 26.7 Å². The molecule has 0 saturated heterocycles. The van der Waals surface area contributed by atoms with Crippen molar-refractivity contribution >= 4 is 11.9 Å². The molecule has 94 valence electrons. The highest BCUT2D eigenvalue weighted by molar-refractivity contribution is 5.97. The molecule has 0 bridgehead atoms. The first-order valence-electron chi connectivity index (χ1n) is 5.81. The highest BCUT2D eigenvalue weighted by atomic mass is 19.1. The Morgan fingerprint density at radius 2 is 2.00 bits per heavy atom. The largest absolute Gasteiger partial charge is 0.294 e. The summed E-state index contributed by atoms with van der Waals surface area (Å²) in [6.07, 6.45) is 4.06. The van der Waals surface area contributed by atoms with Crippen LogP contribution in [0.5, 0.6) is 0 Å². The summed E-state index contributed by atoms with van der Waals surface area (Å²) in [5, 5.41) is 8.53. The monoisotopic (exact) mass is 245 g/mol. The third-order valence-corrected chi connectivity index (χ3v) is 2.83. The quantitative estimate of drug-likeness (QED) is 0.741. The number of nitriles is 1. The van der Waals surface area contributed by atoms with Gasteiger partial charge in [0.15, 0.2) is 5.78 Å². The molecule has 0 aliphatic rings. The molecule has 0 aliphatic carbocycles. The molecule has 1 aromatic carbocycles. The Labute approximate surface area is 107 Å². The third-order valence-electron chi connectivity index (χ3n) is 2.83. The first-order valence-corrected chi connectivity index (χ1v) is 5.81. The van der Waals surface area contributed by atoms with Crippen LogP contribution in [0.3, 0.4) is 0 Å². The topological polar surface area (TPSA) is 40.9 Å². The van der Waals surface area contributed by atoms with Gasteiger partial charge in [-0.15, -0.1) is 0 Å². The summed E-state index contributed by atoms with van der Waals surface area (Å²) in [4.78, 5) is 11.9. The molecule has 0 radical (unpaired) electrons. The molecule has 1 aromatic rings. The predicted octanol–water partition coefficient (Wildman–Crippen LogP) is 3.74. The summed E-state index contributed by atoms with van der Waals surface area (Å²) in [6.45, 7) is 3.64. The van der Waals surface area contributed by atoms with Crippen LogP contribution in [0.4, 0.5) is 4.39 Å². The summed E-state index contributed by atoms with van der Waals surface area (Å²) in [5.41, 5.74) is 0.243. The molecule has 2 nitrogen and oxygen atoms in total. The lowest BCUT2D eigenvalue weighted by Crippen LogP contribution is -2.21. The van der Waals surface area contributed by atoms with Crippen LogP contribution in [-0.2, 0) is 4.79 Å². The fourth-order valence-electron chi connectivity index (χ4n) is 1.46. The van der Waals surface area contributed by atoms with Crippen molar-refractivity contribution in [2.75, 3.05) is 0 Å². The number of halogens is 1. The number of allylic oxidation sites excluding steroid dienone is 1. The van der Waals surface area contributed by atoms with Gasteiger partial charge < -0.3 is 0 Å². The molecule has 0 heterocycles. The minimum atomic E-state index is -0.535. The van der Waals surface area contributed by atoms with Crippen LogP contribution < -0.4 is 0 Å². The summed E-state index contributed by atoms with van der Waals surface area (Å²) in [5.74, 6) is -0.324. The molecule has 0 aromatic heterocycles. The number of benzene rings is 1. The van der Waals surface area contributed by atoms with Crippen LogP contribution in [0, 0.1) is 22.6 Å². The first-order chi connectivity index (χ1) is 8.45. The van der Waals surface area contributed by atoms with Crippen LogP contribution >= 0.6 is 0 Å². The Hall–Kier alpha value is -1.95. The average Bonchev–Trinajstić information content (AvgIpc) is 2.35. The standard InChI is InChI=1S/C15H16FNO/c1-15(2,10-3-11-17)14(18)9-6-12-4-7-13(16)8-5-12/h4-9H,3,10H2,1-2H3/b9-6+. The number of nitrogens with zero attached hydrogens (tertiary/aromatic N) is 1. The molecule has 1 rings (SSSR count). The lowest BCUT2D eigenvalue weighted by atomic mass is 9.83. The number of rotatable bonds is 5. The van der Waals surface area contributed by atoms with Gasteiger partial charge in [0, 0.05) is 11.8 Å². The molecule has 0 amide bonds. The van der Waals surface area contributed by atoms with Crippen molar-refractivity contribution < 1.29 is 9.18 Å². The van der Waals surface area contributed by atoms with E-state index in [4.69, 9.17) is 5.26 Å². The number of carbonyl (C=O) groups is 1. The van der Waals surface area contributed by atoms with E-state index in [1.165, 1.54) is 18.2 Å². The van der Waals surface area contributed by atoms with E-state index in [-0.39, 0.29) is 11.6 Å². The minimum absolute atomic E-state index is 0.0259. The van der Waals surface area contributed by atoms with E-state index < -0.39 is 5.41 Å². The Morgan fingerprint density at radius 3 is 2.56 bits per heavy atom. The fraction of sp³-hybridized carbons (Fsp3) is 0.333. The summed E-state index contributed by atoms with van der Waals surface area (Å²) in [7, 11) is 0. The summed E-state index contributed by atoms with van der Waals surface area (Å²) in [6, 6.07) is 7.97. The van der Waals surface area contributed by atoms with Gasteiger partial charge in [-0.25, -0.2) is 4.39 Å². The summed E-state index contributed by atoms with van der Waals surface area (Å²) < 4.78 is 12.7. The normalized spacial score (nSPS) is 11.4. The van der Waals surface area contributed by atoms with Gasteiger partial charge in [0.1, 0.15) is 5.82 Å². The summed E-state index contributed by atoms with van der Waals surface area (Å²) >= 11 is 0. The molecular formula is C15H16FNO. The van der Waals surface area contributed by atoms with E-state index in [9.17, 15) is 9.18 Å². The van der Waals surface area contributed by atoms with Crippen LogP contribution in [-0.4, -0.2) is 5.78 Å². The Bertz CT molecular complexity index is 480. The zero-order valence-electron chi connectivity index (χ0n) is 10.6. The zero-order valence-corrected chi connectivity index (χ0v) is 10.6. The van der Waals surface area contributed by atoms with Crippen LogP contribution in [0.1, 0.15) is 32.3 Å². The van der Waals surface area contributed by atoms with E-state index >= 15 is 0 Å². The van der Waals surface area contributed by atoms with Gasteiger partial charge in [-0.05, 0) is 30.2 Å². The predicted molar refractivity (Wildman–Crippen MR) is 69.1 cm³/mol. The molecule has 0 fully saturated rings. The van der Waals surface area contributed by atoms with Crippen LogP contribution in [0.2, 0.25) is 0 Å². The molecule has 0 N–H and O–H groups in total. The smallest absolute Gasteiger partial charge is 0.161 e. The molecule has 0 atom stereocenters. The van der Waals surface area contributed by atoms with Gasteiger partial charge in [0.05, 0.1) is 6.07 Å². The highest BCUT2D eigenvalue weighted by Gasteiger charge is 2.24. The van der Waals surface area contributed by atoms with E-state index in [0.29, 0.717) is 12.8 Å². The molecule has 0 unspecified atom stereocenters. The van der Waals surface area contributed by atoms with Crippen molar-refractivity contribution in [1.82, 2.24) is 0 Å². The molecule has 18 heavy (non-hydrogen) atoms. The second kappa shape index (κ2) is 6.11. The average molecular weight is 245 g/mol. The second-order valence-corrected chi connectivity index (χ2v) is 4.79. The van der Waals surface area contributed by atoms with Crippen molar-refractivity contribution in [1.29, 1.82) is 5.26 Å². The van der Waals surface area contributed by atoms with Gasteiger partial charge >= 0.3 is 0 Å². The number of hydrogen-bond donors (Lipinski definition) is 0. The SMILES string of the molecule is CC(C)(CCC#N)C(=O)/C=C/c1ccc(F)cc1. The van der Waals surface area contributed by atoms with Gasteiger partial charge in [-0.3, -0.25) is 4.79 Å². The number of hydrogen-bond acceptors (Lipinski definition) is 2. The van der Waals surface area contributed by atoms with E-state index in [1.807, 2.05) is 19.9 Å². The Morgan fingerprint density at radius 1 is 1.39 bits per heavy atom. The Kier molecular flexibility index (Phi) is 4.79. The lowest BCUT2D eigenvalue weighted by Gasteiger charge is -2.19. The van der Waals surface area contributed by atoms with Gasteiger partial charge in [0.25, 0.3) is 0 Å². The van der Waals surface area contributed by atoms with Gasteiger partial charge in [-0.2, -0.15) is 5.26 Å². The number of ketones is 1. The number of carbonyl (C=O) groups excluding carboxylic acids is 1. The minimum Gasteiger partial charge on any atom is -0.294 e. The maximum absolute atomic E-state index is 12.7. The second-order valence-electron chi connectivity index (χ2n) is 4.79. The molecule has 0 spiro atoms. The zero-order chi connectivity index (χ0) is 13.6. The lowest BCUT2D eigenvalue weighted by molar-refractivity contribution is -0.122. The van der Waals surface area contributed by atoms with Crippen LogP contribution in [0.15, 0.2) is 30.3 Å². The van der Waals surface area contributed by atoms with Gasteiger partial charge in [-0.1, -0.05) is 32.1 Å². The van der Waals surface area contributed by atoms with E-state index in [2.05, 4.69) is 0 Å². The van der Waals surface area contributed by atoms with Gasteiger partial charge in [0.2, 0.25) is 0 Å². The van der Waals surface area contributed by atoms with Crippen molar-refractivity contribution in [3.63, 3.8) is 0 Å². The van der Waals surface area contributed by atoms with E-state index in [0.717, 1.165) is 5.56 Å².